The Balaban J connectivity index is 1.40. The van der Waals surface area contributed by atoms with Gasteiger partial charge in [0.25, 0.3) is 0 Å². The van der Waals surface area contributed by atoms with Crippen LogP contribution in [-0.4, -0.2) is 13.1 Å². The normalized spacial score (nSPS) is 15.4. The third-order valence-electron chi connectivity index (χ3n) is 4.99. The van der Waals surface area contributed by atoms with Crippen LogP contribution < -0.4 is 10.1 Å². The Labute approximate surface area is 146 Å². The van der Waals surface area contributed by atoms with Crippen LogP contribution in [0, 0.1) is 12.8 Å². The van der Waals surface area contributed by atoms with Crippen LogP contribution in [0.3, 0.4) is 0 Å². The fraction of sp³-hybridized carbons (Fsp3) is 0.455. The van der Waals surface area contributed by atoms with Gasteiger partial charge in [0.1, 0.15) is 12.4 Å². The van der Waals surface area contributed by atoms with Crippen LogP contribution >= 0.6 is 0 Å². The molecular weight excluding hydrogens is 294 g/mol. The van der Waals surface area contributed by atoms with E-state index < -0.39 is 0 Å². The van der Waals surface area contributed by atoms with E-state index in [1.54, 1.807) is 0 Å². The fourth-order valence-electron chi connectivity index (χ4n) is 3.37. The van der Waals surface area contributed by atoms with Gasteiger partial charge in [0, 0.05) is 0 Å². The van der Waals surface area contributed by atoms with E-state index in [0.717, 1.165) is 11.7 Å². The first-order chi connectivity index (χ1) is 11.8. The van der Waals surface area contributed by atoms with Gasteiger partial charge in [0.05, 0.1) is 0 Å². The van der Waals surface area contributed by atoms with Crippen molar-refractivity contribution in [3.05, 3.63) is 65.2 Å². The van der Waals surface area contributed by atoms with Crippen molar-refractivity contribution in [3.8, 4) is 5.75 Å². The number of piperidine rings is 1. The number of hydrogen-bond acceptors (Lipinski definition) is 2. The zero-order valence-corrected chi connectivity index (χ0v) is 14.8. The molecule has 24 heavy (non-hydrogen) atoms. The summed E-state index contributed by atoms with van der Waals surface area (Å²) in [7, 11) is 0. The van der Waals surface area contributed by atoms with E-state index in [1.165, 1.54) is 61.9 Å². The number of benzene rings is 2. The van der Waals surface area contributed by atoms with Gasteiger partial charge in [-0.2, -0.15) is 0 Å². The topological polar surface area (TPSA) is 21.3 Å². The predicted octanol–water partition coefficient (Wildman–Crippen LogP) is 4.90. The first-order valence-electron chi connectivity index (χ1n) is 9.27. The number of aryl methyl sites for hydroxylation is 2. The second-order valence-electron chi connectivity index (χ2n) is 7.00. The van der Waals surface area contributed by atoms with Crippen LogP contribution in [0.25, 0.3) is 0 Å². The van der Waals surface area contributed by atoms with E-state index >= 15 is 0 Å². The average molecular weight is 323 g/mol. The lowest BCUT2D eigenvalue weighted by molar-refractivity contribution is 0.306. The molecule has 0 saturated carbocycles. The van der Waals surface area contributed by atoms with Crippen LogP contribution in [0.5, 0.6) is 5.75 Å². The minimum absolute atomic E-state index is 0.634. The Morgan fingerprint density at radius 3 is 2.29 bits per heavy atom. The van der Waals surface area contributed by atoms with Gasteiger partial charge in [-0.3, -0.25) is 0 Å². The Morgan fingerprint density at radius 2 is 1.58 bits per heavy atom. The van der Waals surface area contributed by atoms with Gasteiger partial charge in [-0.25, -0.2) is 0 Å². The number of nitrogens with one attached hydrogen (secondary N) is 1. The quantitative estimate of drug-likeness (QED) is 0.783. The molecule has 1 aliphatic heterocycles. The van der Waals surface area contributed by atoms with Crippen LogP contribution in [0.2, 0.25) is 0 Å². The molecule has 1 fully saturated rings. The lowest BCUT2D eigenvalue weighted by atomic mass is 9.91. The molecule has 1 aliphatic rings. The van der Waals surface area contributed by atoms with Gasteiger partial charge in [0.2, 0.25) is 0 Å². The second-order valence-corrected chi connectivity index (χ2v) is 7.00. The zero-order valence-electron chi connectivity index (χ0n) is 14.8. The summed E-state index contributed by atoms with van der Waals surface area (Å²) in [5.41, 5.74) is 3.92. The van der Waals surface area contributed by atoms with E-state index in [4.69, 9.17) is 4.74 Å². The van der Waals surface area contributed by atoms with Crippen molar-refractivity contribution in [1.82, 2.24) is 5.32 Å². The maximum absolute atomic E-state index is 5.88. The lowest BCUT2D eigenvalue weighted by Gasteiger charge is -2.22. The molecule has 0 bridgehead atoms. The summed E-state index contributed by atoms with van der Waals surface area (Å²) in [4.78, 5) is 0. The molecule has 1 heterocycles. The maximum atomic E-state index is 5.88. The summed E-state index contributed by atoms with van der Waals surface area (Å²) in [5, 5.41) is 3.44. The van der Waals surface area contributed by atoms with E-state index in [1.807, 2.05) is 0 Å². The molecule has 0 amide bonds. The molecule has 2 heteroatoms. The third-order valence-corrected chi connectivity index (χ3v) is 4.99. The van der Waals surface area contributed by atoms with Crippen molar-refractivity contribution in [2.75, 3.05) is 13.1 Å². The molecule has 0 radical (unpaired) electrons. The predicted molar refractivity (Wildman–Crippen MR) is 100 cm³/mol. The van der Waals surface area contributed by atoms with Crippen molar-refractivity contribution in [2.24, 2.45) is 5.92 Å². The molecule has 2 aromatic rings. The minimum Gasteiger partial charge on any atom is -0.489 e. The highest BCUT2D eigenvalue weighted by Crippen LogP contribution is 2.20. The molecule has 1 N–H and O–H groups in total. The monoisotopic (exact) mass is 323 g/mol. The molecule has 128 valence electrons. The van der Waals surface area contributed by atoms with Crippen molar-refractivity contribution >= 4 is 0 Å². The molecule has 0 aliphatic carbocycles. The molecule has 0 atom stereocenters. The Bertz CT molecular complexity index is 597. The van der Waals surface area contributed by atoms with E-state index in [-0.39, 0.29) is 0 Å². The lowest BCUT2D eigenvalue weighted by Crippen LogP contribution is -2.27. The van der Waals surface area contributed by atoms with E-state index in [9.17, 15) is 0 Å². The van der Waals surface area contributed by atoms with Crippen molar-refractivity contribution < 1.29 is 4.74 Å². The summed E-state index contributed by atoms with van der Waals surface area (Å²) < 4.78 is 5.88. The summed E-state index contributed by atoms with van der Waals surface area (Å²) in [6.45, 7) is 5.15. The second kappa shape index (κ2) is 8.89. The molecule has 3 rings (SSSR count). The summed E-state index contributed by atoms with van der Waals surface area (Å²) in [6.07, 6.45) is 6.56. The number of hydrogen-bond donors (Lipinski definition) is 1. The van der Waals surface area contributed by atoms with E-state index in [0.29, 0.717) is 6.61 Å². The number of rotatable bonds is 7. The Hall–Kier alpha value is -1.80. The molecule has 0 spiro atoms. The standard InChI is InChI=1S/C22H29NO/c1-18-5-7-21(8-6-18)17-24-22-11-9-19(10-12-22)3-2-4-20-13-15-23-16-14-20/h5-12,20,23H,2-4,13-17H2,1H3. The average Bonchev–Trinajstić information content (AvgIpc) is 2.63. The van der Waals surface area contributed by atoms with Gasteiger partial charge in [-0.05, 0) is 74.9 Å². The Kier molecular flexibility index (Phi) is 6.31. The van der Waals surface area contributed by atoms with Gasteiger partial charge in [0.15, 0.2) is 0 Å². The highest BCUT2D eigenvalue weighted by Gasteiger charge is 2.12. The Morgan fingerprint density at radius 1 is 0.917 bits per heavy atom. The highest BCUT2D eigenvalue weighted by molar-refractivity contribution is 5.28. The SMILES string of the molecule is Cc1ccc(COc2ccc(CCCC3CCNCC3)cc2)cc1. The van der Waals surface area contributed by atoms with Gasteiger partial charge in [-0.15, -0.1) is 0 Å². The summed E-state index contributed by atoms with van der Waals surface area (Å²) in [6, 6.07) is 17.2. The summed E-state index contributed by atoms with van der Waals surface area (Å²) >= 11 is 0. The fourth-order valence-corrected chi connectivity index (χ4v) is 3.37. The van der Waals surface area contributed by atoms with Gasteiger partial charge in [-0.1, -0.05) is 48.4 Å². The first-order valence-corrected chi connectivity index (χ1v) is 9.27. The largest absolute Gasteiger partial charge is 0.489 e. The molecule has 2 nitrogen and oxygen atoms in total. The minimum atomic E-state index is 0.634. The van der Waals surface area contributed by atoms with Crippen molar-refractivity contribution in [1.29, 1.82) is 0 Å². The van der Waals surface area contributed by atoms with Crippen LogP contribution in [0.4, 0.5) is 0 Å². The summed E-state index contributed by atoms with van der Waals surface area (Å²) in [5.74, 6) is 1.89. The zero-order chi connectivity index (χ0) is 16.6. The maximum Gasteiger partial charge on any atom is 0.119 e. The van der Waals surface area contributed by atoms with Crippen LogP contribution in [0.15, 0.2) is 48.5 Å². The van der Waals surface area contributed by atoms with Crippen LogP contribution in [-0.2, 0) is 13.0 Å². The molecule has 1 saturated heterocycles. The molecular formula is C22H29NO. The van der Waals surface area contributed by atoms with E-state index in [2.05, 4.69) is 60.8 Å². The van der Waals surface area contributed by atoms with Gasteiger partial charge < -0.3 is 10.1 Å². The van der Waals surface area contributed by atoms with Crippen molar-refractivity contribution in [2.45, 2.75) is 45.6 Å². The van der Waals surface area contributed by atoms with Crippen LogP contribution in [0.1, 0.15) is 42.4 Å². The number of ether oxygens (including phenoxy) is 1. The highest BCUT2D eigenvalue weighted by atomic mass is 16.5. The first kappa shape index (κ1) is 17.0. The molecule has 2 aromatic carbocycles. The van der Waals surface area contributed by atoms with Crippen molar-refractivity contribution in [3.63, 3.8) is 0 Å². The third kappa shape index (κ3) is 5.38. The van der Waals surface area contributed by atoms with Gasteiger partial charge >= 0.3 is 0 Å². The molecule has 0 aromatic heterocycles. The smallest absolute Gasteiger partial charge is 0.119 e. The molecule has 0 unspecified atom stereocenters.